The molecule has 0 aliphatic carbocycles. The fraction of sp³-hybridized carbons (Fsp3) is 0.273. The summed E-state index contributed by atoms with van der Waals surface area (Å²) in [5, 5.41) is 9.59. The van der Waals surface area contributed by atoms with Gasteiger partial charge in [-0.1, -0.05) is 0 Å². The number of benzene rings is 2. The number of rotatable bonds is 7. The van der Waals surface area contributed by atoms with Crippen LogP contribution in [0.5, 0.6) is 17.2 Å². The normalized spacial score (nSPS) is 15.7. The third-order valence-corrected chi connectivity index (χ3v) is 4.90. The van der Waals surface area contributed by atoms with E-state index in [-0.39, 0.29) is 5.91 Å². The minimum Gasteiger partial charge on any atom is -0.497 e. The Kier molecular flexibility index (Phi) is 6.79. The summed E-state index contributed by atoms with van der Waals surface area (Å²) in [7, 11) is 3.17. The number of allylic oxidation sites excluding steroid dienone is 1. The molecule has 158 valence electrons. The topological polar surface area (TPSA) is 80.9 Å². The first-order valence-electron chi connectivity index (χ1n) is 9.51. The Morgan fingerprint density at radius 1 is 1.10 bits per heavy atom. The first-order chi connectivity index (χ1) is 14.5. The molecule has 1 amide bonds. The predicted octanol–water partition coefficient (Wildman–Crippen LogP) is 3.53. The highest BCUT2D eigenvalue weighted by atomic mass is 32.1. The summed E-state index contributed by atoms with van der Waals surface area (Å²) in [6.45, 7) is 4.32. The zero-order valence-electron chi connectivity index (χ0n) is 17.4. The summed E-state index contributed by atoms with van der Waals surface area (Å²) >= 11 is 5.33. The smallest absolute Gasteiger partial charge is 0.255 e. The average Bonchev–Trinajstić information content (AvgIpc) is 2.74. The lowest BCUT2D eigenvalue weighted by atomic mass is 9.94. The van der Waals surface area contributed by atoms with Gasteiger partial charge < -0.3 is 30.2 Å². The Morgan fingerprint density at radius 3 is 2.43 bits per heavy atom. The molecule has 2 aromatic carbocycles. The van der Waals surface area contributed by atoms with Crippen molar-refractivity contribution in [3.05, 3.63) is 59.3 Å². The van der Waals surface area contributed by atoms with Crippen molar-refractivity contribution in [1.29, 1.82) is 0 Å². The average molecular weight is 428 g/mol. The van der Waals surface area contributed by atoms with Crippen molar-refractivity contribution in [2.75, 3.05) is 26.1 Å². The van der Waals surface area contributed by atoms with Gasteiger partial charge in [0.05, 0.1) is 32.4 Å². The molecule has 0 aromatic heterocycles. The van der Waals surface area contributed by atoms with Crippen LogP contribution in [0.15, 0.2) is 53.7 Å². The van der Waals surface area contributed by atoms with Gasteiger partial charge >= 0.3 is 0 Å². The fourth-order valence-electron chi connectivity index (χ4n) is 3.29. The van der Waals surface area contributed by atoms with Gasteiger partial charge in [-0.2, -0.15) is 0 Å². The molecule has 7 nitrogen and oxygen atoms in total. The lowest BCUT2D eigenvalue weighted by Gasteiger charge is -2.31. The Bertz CT molecular complexity index is 973. The SMILES string of the molecule is CCOc1ccc(NC(=O)C2=C(C)NC(=S)N[C@H]2c2cc(OC)ccc2OC)cc1. The van der Waals surface area contributed by atoms with Crippen LogP contribution in [0.25, 0.3) is 0 Å². The minimum atomic E-state index is -0.508. The largest absolute Gasteiger partial charge is 0.497 e. The number of methoxy groups -OCH3 is 2. The zero-order valence-corrected chi connectivity index (χ0v) is 18.2. The summed E-state index contributed by atoms with van der Waals surface area (Å²) in [5.74, 6) is 1.77. The molecule has 1 aliphatic rings. The molecule has 1 atom stereocenters. The Labute approximate surface area is 181 Å². The van der Waals surface area contributed by atoms with Crippen LogP contribution in [0.3, 0.4) is 0 Å². The molecule has 1 heterocycles. The third kappa shape index (κ3) is 4.65. The number of nitrogens with one attached hydrogen (secondary N) is 3. The molecule has 0 saturated carbocycles. The Hall–Kier alpha value is -3.26. The number of amides is 1. The number of thiocarbonyl (C=S) groups is 1. The number of hydrogen-bond acceptors (Lipinski definition) is 5. The molecule has 8 heteroatoms. The van der Waals surface area contributed by atoms with Crippen LogP contribution in [-0.2, 0) is 4.79 Å². The molecular weight excluding hydrogens is 402 g/mol. The van der Waals surface area contributed by atoms with Crippen LogP contribution < -0.4 is 30.2 Å². The summed E-state index contributed by atoms with van der Waals surface area (Å²) in [6.07, 6.45) is 0. The van der Waals surface area contributed by atoms with E-state index < -0.39 is 6.04 Å². The van der Waals surface area contributed by atoms with Gasteiger partial charge in [-0.05, 0) is 68.5 Å². The van der Waals surface area contributed by atoms with E-state index in [1.54, 1.807) is 38.5 Å². The van der Waals surface area contributed by atoms with Gasteiger partial charge in [0.25, 0.3) is 5.91 Å². The summed E-state index contributed by atoms with van der Waals surface area (Å²) < 4.78 is 16.3. The highest BCUT2D eigenvalue weighted by molar-refractivity contribution is 7.80. The van der Waals surface area contributed by atoms with Gasteiger partial charge in [0.2, 0.25) is 0 Å². The molecule has 2 aromatic rings. The minimum absolute atomic E-state index is 0.256. The molecule has 30 heavy (non-hydrogen) atoms. The van der Waals surface area contributed by atoms with Crippen LogP contribution in [0.4, 0.5) is 5.69 Å². The van der Waals surface area contributed by atoms with Crippen LogP contribution in [0.2, 0.25) is 0 Å². The standard InChI is InChI=1S/C22H25N3O4S/c1-5-29-15-8-6-14(7-9-15)24-21(26)19-13(2)23-22(30)25-20(19)17-12-16(27-3)10-11-18(17)28-4/h6-12,20H,5H2,1-4H3,(H,24,26)(H2,23,25,30)/t20-/m0/s1. The molecular formula is C22H25N3O4S. The van der Waals surface area contributed by atoms with Gasteiger partial charge in [0.1, 0.15) is 17.2 Å². The van der Waals surface area contributed by atoms with Gasteiger partial charge in [-0.15, -0.1) is 0 Å². The quantitative estimate of drug-likeness (QED) is 0.583. The number of carbonyl (C=O) groups is 1. The molecule has 3 N–H and O–H groups in total. The predicted molar refractivity (Wildman–Crippen MR) is 120 cm³/mol. The van der Waals surface area contributed by atoms with E-state index >= 15 is 0 Å². The maximum absolute atomic E-state index is 13.2. The summed E-state index contributed by atoms with van der Waals surface area (Å²) in [4.78, 5) is 13.2. The number of ether oxygens (including phenoxy) is 3. The molecule has 0 fully saturated rings. The maximum atomic E-state index is 13.2. The van der Waals surface area contributed by atoms with E-state index in [1.165, 1.54) is 0 Å². The summed E-state index contributed by atoms with van der Waals surface area (Å²) in [5.41, 5.74) is 2.58. The molecule has 3 rings (SSSR count). The summed E-state index contributed by atoms with van der Waals surface area (Å²) in [6, 6.07) is 12.2. The number of carbonyl (C=O) groups excluding carboxylic acids is 1. The van der Waals surface area contributed by atoms with Crippen molar-refractivity contribution in [2.45, 2.75) is 19.9 Å². The van der Waals surface area contributed by atoms with Crippen molar-refractivity contribution < 1.29 is 19.0 Å². The third-order valence-electron chi connectivity index (χ3n) is 4.68. The van der Waals surface area contributed by atoms with Crippen molar-refractivity contribution in [2.24, 2.45) is 0 Å². The Morgan fingerprint density at radius 2 is 1.80 bits per heavy atom. The molecule has 0 saturated heterocycles. The highest BCUT2D eigenvalue weighted by Gasteiger charge is 2.32. The van der Waals surface area contributed by atoms with E-state index in [9.17, 15) is 4.79 Å². The second-order valence-electron chi connectivity index (χ2n) is 6.59. The van der Waals surface area contributed by atoms with Gasteiger partial charge in [-0.25, -0.2) is 0 Å². The van der Waals surface area contributed by atoms with Crippen molar-refractivity contribution in [3.63, 3.8) is 0 Å². The molecule has 1 aliphatic heterocycles. The van der Waals surface area contributed by atoms with Gasteiger partial charge in [0.15, 0.2) is 5.11 Å². The monoisotopic (exact) mass is 427 g/mol. The van der Waals surface area contributed by atoms with Crippen molar-refractivity contribution in [1.82, 2.24) is 10.6 Å². The Balaban J connectivity index is 1.95. The van der Waals surface area contributed by atoms with Crippen molar-refractivity contribution >= 4 is 28.9 Å². The molecule has 0 radical (unpaired) electrons. The molecule has 0 unspecified atom stereocenters. The van der Waals surface area contributed by atoms with Crippen LogP contribution in [0.1, 0.15) is 25.5 Å². The van der Waals surface area contributed by atoms with Gasteiger partial charge in [-0.3, -0.25) is 4.79 Å². The number of anilines is 1. The highest BCUT2D eigenvalue weighted by Crippen LogP contribution is 2.36. The van der Waals surface area contributed by atoms with E-state index in [4.69, 9.17) is 26.4 Å². The lowest BCUT2D eigenvalue weighted by Crippen LogP contribution is -2.45. The zero-order chi connectivity index (χ0) is 21.7. The van der Waals surface area contributed by atoms with Crippen LogP contribution >= 0.6 is 12.2 Å². The van der Waals surface area contributed by atoms with E-state index in [1.807, 2.05) is 32.0 Å². The fourth-order valence-corrected chi connectivity index (χ4v) is 3.56. The maximum Gasteiger partial charge on any atom is 0.255 e. The van der Waals surface area contributed by atoms with E-state index in [2.05, 4.69) is 16.0 Å². The van der Waals surface area contributed by atoms with Gasteiger partial charge in [0, 0.05) is 16.9 Å². The first kappa shape index (κ1) is 21.4. The van der Waals surface area contributed by atoms with E-state index in [0.717, 1.165) is 11.3 Å². The number of hydrogen-bond donors (Lipinski definition) is 3. The second kappa shape index (κ2) is 9.49. The van der Waals surface area contributed by atoms with E-state index in [0.29, 0.717) is 40.2 Å². The van der Waals surface area contributed by atoms with Crippen LogP contribution in [0, 0.1) is 0 Å². The molecule has 0 bridgehead atoms. The lowest BCUT2D eigenvalue weighted by molar-refractivity contribution is -0.113. The second-order valence-corrected chi connectivity index (χ2v) is 7.00. The first-order valence-corrected chi connectivity index (χ1v) is 9.92. The van der Waals surface area contributed by atoms with Crippen molar-refractivity contribution in [3.8, 4) is 17.2 Å². The molecule has 0 spiro atoms. The van der Waals surface area contributed by atoms with Crippen LogP contribution in [-0.4, -0.2) is 31.8 Å².